The molecular weight excluding hydrogens is 232 g/mol. The summed E-state index contributed by atoms with van der Waals surface area (Å²) in [4.78, 5) is 10.4. The SMILES string of the molecule is Cc1nn(CC2CCCCCC2)c(N)c1[N+](=O)[O-]. The fourth-order valence-corrected chi connectivity index (χ4v) is 2.75. The predicted molar refractivity (Wildman–Crippen MR) is 69.2 cm³/mol. The van der Waals surface area contributed by atoms with Crippen LogP contribution in [0.25, 0.3) is 0 Å². The Kier molecular flexibility index (Phi) is 3.84. The maximum absolute atomic E-state index is 10.9. The molecule has 0 aromatic carbocycles. The Hall–Kier alpha value is -1.59. The van der Waals surface area contributed by atoms with E-state index >= 15 is 0 Å². The van der Waals surface area contributed by atoms with Crippen LogP contribution >= 0.6 is 0 Å². The van der Waals surface area contributed by atoms with Crippen molar-refractivity contribution in [1.82, 2.24) is 9.78 Å². The van der Waals surface area contributed by atoms with Crippen LogP contribution < -0.4 is 5.73 Å². The van der Waals surface area contributed by atoms with Gasteiger partial charge < -0.3 is 5.73 Å². The van der Waals surface area contributed by atoms with Crippen LogP contribution in [0.3, 0.4) is 0 Å². The second kappa shape index (κ2) is 5.37. The zero-order valence-corrected chi connectivity index (χ0v) is 10.8. The Morgan fingerprint density at radius 3 is 2.50 bits per heavy atom. The van der Waals surface area contributed by atoms with Gasteiger partial charge in [0.25, 0.3) is 0 Å². The van der Waals surface area contributed by atoms with Crippen LogP contribution in [0.15, 0.2) is 0 Å². The third-order valence-corrected chi connectivity index (χ3v) is 3.72. The largest absolute Gasteiger partial charge is 0.378 e. The first kappa shape index (κ1) is 12.9. The molecule has 0 amide bonds. The maximum Gasteiger partial charge on any atom is 0.333 e. The number of nitro groups is 1. The topological polar surface area (TPSA) is 87.0 Å². The number of aromatic nitrogens is 2. The van der Waals surface area contributed by atoms with Crippen molar-refractivity contribution in [1.29, 1.82) is 0 Å². The zero-order chi connectivity index (χ0) is 13.1. The Bertz CT molecular complexity index is 434. The van der Waals surface area contributed by atoms with E-state index in [2.05, 4.69) is 5.10 Å². The molecule has 0 atom stereocenters. The average molecular weight is 252 g/mol. The molecule has 0 bridgehead atoms. The lowest BCUT2D eigenvalue weighted by molar-refractivity contribution is -0.384. The van der Waals surface area contributed by atoms with Crippen LogP contribution in [0.1, 0.15) is 44.2 Å². The summed E-state index contributed by atoms with van der Waals surface area (Å²) in [5.41, 5.74) is 6.19. The number of nitrogens with two attached hydrogens (primary N) is 1. The summed E-state index contributed by atoms with van der Waals surface area (Å²) in [6.07, 6.45) is 7.42. The normalized spacial score (nSPS) is 17.6. The van der Waals surface area contributed by atoms with E-state index in [9.17, 15) is 10.1 Å². The van der Waals surface area contributed by atoms with Gasteiger partial charge in [0.05, 0.1) is 4.92 Å². The minimum Gasteiger partial charge on any atom is -0.378 e. The molecular formula is C12H20N4O2. The van der Waals surface area contributed by atoms with Gasteiger partial charge in [-0.15, -0.1) is 0 Å². The summed E-state index contributed by atoms with van der Waals surface area (Å²) in [6.45, 7) is 2.35. The quantitative estimate of drug-likeness (QED) is 0.509. The third kappa shape index (κ3) is 2.63. The van der Waals surface area contributed by atoms with Crippen molar-refractivity contribution in [3.8, 4) is 0 Å². The Labute approximate surface area is 106 Å². The maximum atomic E-state index is 10.9. The summed E-state index contributed by atoms with van der Waals surface area (Å²) in [5, 5.41) is 15.1. The molecule has 0 unspecified atom stereocenters. The monoisotopic (exact) mass is 252 g/mol. The molecule has 6 heteroatoms. The molecule has 1 aliphatic carbocycles. The molecule has 18 heavy (non-hydrogen) atoms. The summed E-state index contributed by atoms with van der Waals surface area (Å²) >= 11 is 0. The average Bonchev–Trinajstić information content (AvgIpc) is 2.51. The van der Waals surface area contributed by atoms with E-state index in [1.807, 2.05) is 0 Å². The molecule has 1 heterocycles. The molecule has 6 nitrogen and oxygen atoms in total. The highest BCUT2D eigenvalue weighted by Gasteiger charge is 2.24. The standard InChI is InChI=1S/C12H20N4O2/c1-9-11(16(17)18)12(13)15(14-9)8-10-6-4-2-3-5-7-10/h10H,2-8,13H2,1H3. The van der Waals surface area contributed by atoms with Crippen LogP contribution in [-0.2, 0) is 6.54 Å². The lowest BCUT2D eigenvalue weighted by Crippen LogP contribution is -2.13. The van der Waals surface area contributed by atoms with Crippen molar-refractivity contribution < 1.29 is 4.92 Å². The first-order valence-electron chi connectivity index (χ1n) is 6.57. The van der Waals surface area contributed by atoms with E-state index in [0.717, 1.165) is 0 Å². The van der Waals surface area contributed by atoms with E-state index in [4.69, 9.17) is 5.73 Å². The first-order valence-corrected chi connectivity index (χ1v) is 6.57. The van der Waals surface area contributed by atoms with Gasteiger partial charge in [0.15, 0.2) is 0 Å². The van der Waals surface area contributed by atoms with E-state index in [-0.39, 0.29) is 11.5 Å². The highest BCUT2D eigenvalue weighted by Crippen LogP contribution is 2.29. The van der Waals surface area contributed by atoms with Gasteiger partial charge in [-0.05, 0) is 25.7 Å². The molecule has 0 aliphatic heterocycles. The molecule has 1 aromatic rings. The van der Waals surface area contributed by atoms with Gasteiger partial charge in [0.2, 0.25) is 5.82 Å². The lowest BCUT2D eigenvalue weighted by Gasteiger charge is -2.14. The third-order valence-electron chi connectivity index (χ3n) is 3.72. The van der Waals surface area contributed by atoms with Crippen molar-refractivity contribution in [2.24, 2.45) is 5.92 Å². The molecule has 0 saturated heterocycles. The molecule has 1 aliphatic rings. The number of hydrogen-bond acceptors (Lipinski definition) is 4. The highest BCUT2D eigenvalue weighted by atomic mass is 16.6. The van der Waals surface area contributed by atoms with Crippen molar-refractivity contribution in [3.05, 3.63) is 15.8 Å². The molecule has 1 saturated carbocycles. The van der Waals surface area contributed by atoms with E-state index in [0.29, 0.717) is 18.2 Å². The number of hydrogen-bond donors (Lipinski definition) is 1. The fourth-order valence-electron chi connectivity index (χ4n) is 2.75. The second-order valence-corrected chi connectivity index (χ2v) is 5.12. The fraction of sp³-hybridized carbons (Fsp3) is 0.750. The van der Waals surface area contributed by atoms with Crippen LogP contribution in [0, 0.1) is 23.0 Å². The molecule has 100 valence electrons. The van der Waals surface area contributed by atoms with Crippen molar-refractivity contribution >= 4 is 11.5 Å². The summed E-state index contributed by atoms with van der Waals surface area (Å²) in [5.74, 6) is 0.746. The van der Waals surface area contributed by atoms with Gasteiger partial charge in [-0.25, -0.2) is 4.68 Å². The molecule has 1 fully saturated rings. The van der Waals surface area contributed by atoms with Crippen LogP contribution in [-0.4, -0.2) is 14.7 Å². The summed E-state index contributed by atoms with van der Waals surface area (Å²) in [6, 6.07) is 0. The number of nitrogen functional groups attached to an aromatic ring is 1. The second-order valence-electron chi connectivity index (χ2n) is 5.12. The smallest absolute Gasteiger partial charge is 0.333 e. The van der Waals surface area contributed by atoms with Gasteiger partial charge in [-0.3, -0.25) is 10.1 Å². The van der Waals surface area contributed by atoms with Crippen molar-refractivity contribution in [3.63, 3.8) is 0 Å². The molecule has 0 radical (unpaired) electrons. The first-order chi connectivity index (χ1) is 8.59. The number of rotatable bonds is 3. The zero-order valence-electron chi connectivity index (χ0n) is 10.8. The van der Waals surface area contributed by atoms with Gasteiger partial charge >= 0.3 is 5.69 Å². The molecule has 1 aromatic heterocycles. The van der Waals surface area contributed by atoms with Gasteiger partial charge in [-0.1, -0.05) is 25.7 Å². The highest BCUT2D eigenvalue weighted by molar-refractivity contribution is 5.55. The van der Waals surface area contributed by atoms with Gasteiger partial charge in [0.1, 0.15) is 5.69 Å². The Morgan fingerprint density at radius 2 is 2.00 bits per heavy atom. The minimum absolute atomic E-state index is 0.0383. The summed E-state index contributed by atoms with van der Waals surface area (Å²) in [7, 11) is 0. The van der Waals surface area contributed by atoms with Gasteiger partial charge in [-0.2, -0.15) is 5.10 Å². The van der Waals surface area contributed by atoms with Crippen molar-refractivity contribution in [2.75, 3.05) is 5.73 Å². The van der Waals surface area contributed by atoms with Crippen LogP contribution in [0.4, 0.5) is 11.5 Å². The molecule has 2 N–H and O–H groups in total. The lowest BCUT2D eigenvalue weighted by atomic mass is 10.0. The number of anilines is 1. The Morgan fingerprint density at radius 1 is 1.39 bits per heavy atom. The predicted octanol–water partition coefficient (Wildman–Crippen LogP) is 2.65. The number of aryl methyl sites for hydroxylation is 1. The molecule has 2 rings (SSSR count). The minimum atomic E-state index is -0.443. The van der Waals surface area contributed by atoms with Crippen LogP contribution in [0.5, 0.6) is 0 Å². The van der Waals surface area contributed by atoms with Crippen molar-refractivity contribution in [2.45, 2.75) is 52.0 Å². The van der Waals surface area contributed by atoms with E-state index in [1.54, 1.807) is 11.6 Å². The van der Waals surface area contributed by atoms with E-state index in [1.165, 1.54) is 38.5 Å². The van der Waals surface area contributed by atoms with Crippen LogP contribution in [0.2, 0.25) is 0 Å². The Balaban J connectivity index is 2.13. The van der Waals surface area contributed by atoms with Gasteiger partial charge in [0, 0.05) is 6.54 Å². The van der Waals surface area contributed by atoms with E-state index < -0.39 is 4.92 Å². The number of nitrogens with zero attached hydrogens (tertiary/aromatic N) is 3. The molecule has 0 spiro atoms. The summed E-state index contributed by atoms with van der Waals surface area (Å²) < 4.78 is 1.61.